The molecule has 1 aliphatic carbocycles. The average molecular weight is 311 g/mol. The molecule has 1 aliphatic rings. The Labute approximate surface area is 135 Å². The van der Waals surface area contributed by atoms with Gasteiger partial charge >= 0.3 is 0 Å². The van der Waals surface area contributed by atoms with Crippen LogP contribution in [0.1, 0.15) is 36.9 Å². The van der Waals surface area contributed by atoms with Gasteiger partial charge in [-0.3, -0.25) is 9.59 Å². The normalized spacial score (nSPS) is 13.8. The summed E-state index contributed by atoms with van der Waals surface area (Å²) >= 11 is 0. The van der Waals surface area contributed by atoms with Crippen molar-refractivity contribution in [3.8, 4) is 0 Å². The predicted molar refractivity (Wildman–Crippen MR) is 89.7 cm³/mol. The maximum absolute atomic E-state index is 12.7. The van der Waals surface area contributed by atoms with E-state index in [4.69, 9.17) is 0 Å². The van der Waals surface area contributed by atoms with Gasteiger partial charge in [0, 0.05) is 24.2 Å². The highest BCUT2D eigenvalue weighted by Gasteiger charge is 2.26. The zero-order chi connectivity index (χ0) is 16.4. The molecule has 0 radical (unpaired) electrons. The van der Waals surface area contributed by atoms with Crippen LogP contribution in [0.3, 0.4) is 0 Å². The number of aryl methyl sites for hydroxylation is 1. The highest BCUT2D eigenvalue weighted by molar-refractivity contribution is 5.93. The van der Waals surface area contributed by atoms with Crippen molar-refractivity contribution in [3.63, 3.8) is 0 Å². The number of hydrogen-bond donors (Lipinski definition) is 0. The van der Waals surface area contributed by atoms with E-state index in [1.807, 2.05) is 38.1 Å². The van der Waals surface area contributed by atoms with Gasteiger partial charge in [0.05, 0.1) is 5.69 Å². The summed E-state index contributed by atoms with van der Waals surface area (Å²) in [5.74, 6) is 0.333. The molecule has 1 saturated carbocycles. The van der Waals surface area contributed by atoms with Crippen LogP contribution in [-0.2, 0) is 11.3 Å². The van der Waals surface area contributed by atoms with Crippen molar-refractivity contribution >= 4 is 11.6 Å². The molecule has 0 unspecified atom stereocenters. The molecule has 0 atom stereocenters. The monoisotopic (exact) mass is 311 g/mol. The summed E-state index contributed by atoms with van der Waals surface area (Å²) in [6.45, 7) is 4.44. The van der Waals surface area contributed by atoms with E-state index >= 15 is 0 Å². The van der Waals surface area contributed by atoms with Crippen LogP contribution >= 0.6 is 0 Å². The summed E-state index contributed by atoms with van der Waals surface area (Å²) in [6, 6.07) is 11.0. The zero-order valence-corrected chi connectivity index (χ0v) is 13.5. The van der Waals surface area contributed by atoms with Crippen LogP contribution in [0, 0.1) is 6.92 Å². The second-order valence-electron chi connectivity index (χ2n) is 5.95. The van der Waals surface area contributed by atoms with E-state index in [-0.39, 0.29) is 18.0 Å². The van der Waals surface area contributed by atoms with Crippen LogP contribution < -0.4 is 10.5 Å². The Morgan fingerprint density at radius 1 is 1.26 bits per heavy atom. The van der Waals surface area contributed by atoms with Gasteiger partial charge in [-0.05, 0) is 44.4 Å². The topological polar surface area (TPSA) is 55.2 Å². The lowest BCUT2D eigenvalue weighted by molar-refractivity contribution is -0.119. The number of aromatic nitrogens is 2. The molecule has 0 saturated heterocycles. The molecule has 23 heavy (non-hydrogen) atoms. The number of rotatable bonds is 5. The van der Waals surface area contributed by atoms with Crippen molar-refractivity contribution in [2.24, 2.45) is 0 Å². The maximum atomic E-state index is 12.7. The van der Waals surface area contributed by atoms with E-state index in [0.29, 0.717) is 12.5 Å². The molecule has 1 heterocycles. The average Bonchev–Trinajstić information content (AvgIpc) is 3.37. The summed E-state index contributed by atoms with van der Waals surface area (Å²) < 4.78 is 1.29. The third-order valence-electron chi connectivity index (χ3n) is 4.19. The first kappa shape index (κ1) is 15.5. The van der Waals surface area contributed by atoms with Gasteiger partial charge in [-0.15, -0.1) is 0 Å². The Morgan fingerprint density at radius 2 is 2.00 bits per heavy atom. The van der Waals surface area contributed by atoms with Gasteiger partial charge in [-0.1, -0.05) is 18.2 Å². The molecule has 2 aromatic rings. The number of hydrogen-bond acceptors (Lipinski definition) is 3. The molecule has 0 aliphatic heterocycles. The molecule has 0 bridgehead atoms. The first-order valence-corrected chi connectivity index (χ1v) is 8.04. The predicted octanol–water partition coefficient (Wildman–Crippen LogP) is 2.48. The third kappa shape index (κ3) is 3.33. The Balaban J connectivity index is 1.84. The number of para-hydroxylation sites is 1. The molecule has 0 N–H and O–H groups in total. The summed E-state index contributed by atoms with van der Waals surface area (Å²) in [5, 5.41) is 4.36. The fraction of sp³-hybridized carbons (Fsp3) is 0.389. The van der Waals surface area contributed by atoms with Crippen LogP contribution in [0.2, 0.25) is 0 Å². The largest absolute Gasteiger partial charge is 0.311 e. The number of benzene rings is 1. The fourth-order valence-electron chi connectivity index (χ4n) is 2.74. The van der Waals surface area contributed by atoms with Crippen LogP contribution in [0.15, 0.2) is 41.2 Å². The highest BCUT2D eigenvalue weighted by Crippen LogP contribution is 2.38. The summed E-state index contributed by atoms with van der Waals surface area (Å²) in [7, 11) is 0. The number of carbonyl (C=O) groups is 1. The number of carbonyl (C=O) groups excluding carboxylic acids is 1. The van der Waals surface area contributed by atoms with Crippen LogP contribution in [-0.4, -0.2) is 22.2 Å². The second kappa shape index (κ2) is 6.36. The van der Waals surface area contributed by atoms with Gasteiger partial charge in [0.1, 0.15) is 6.54 Å². The molecule has 1 aromatic heterocycles. The van der Waals surface area contributed by atoms with Crippen molar-refractivity contribution in [1.29, 1.82) is 0 Å². The van der Waals surface area contributed by atoms with Gasteiger partial charge in [0.25, 0.3) is 5.56 Å². The molecule has 1 fully saturated rings. The molecule has 1 aromatic carbocycles. The van der Waals surface area contributed by atoms with E-state index < -0.39 is 0 Å². The minimum Gasteiger partial charge on any atom is -0.311 e. The van der Waals surface area contributed by atoms with Crippen LogP contribution in [0.4, 0.5) is 5.69 Å². The molecule has 120 valence electrons. The van der Waals surface area contributed by atoms with Crippen molar-refractivity contribution in [2.45, 2.75) is 39.2 Å². The number of likely N-dealkylation sites (N-methyl/N-ethyl adjacent to an activating group) is 1. The van der Waals surface area contributed by atoms with Gasteiger partial charge < -0.3 is 4.90 Å². The first-order chi connectivity index (χ1) is 11.1. The Morgan fingerprint density at radius 3 is 2.65 bits per heavy atom. The Kier molecular flexibility index (Phi) is 4.28. The SMILES string of the molecule is CCN(C(=O)Cn1nc(C2CC2)ccc1=O)c1ccccc1C. The van der Waals surface area contributed by atoms with Gasteiger partial charge in [0.15, 0.2) is 0 Å². The smallest absolute Gasteiger partial charge is 0.267 e. The van der Waals surface area contributed by atoms with E-state index in [2.05, 4.69) is 5.10 Å². The molecule has 1 amide bonds. The molecule has 5 nitrogen and oxygen atoms in total. The zero-order valence-electron chi connectivity index (χ0n) is 13.5. The number of anilines is 1. The quantitative estimate of drug-likeness (QED) is 0.852. The summed E-state index contributed by atoms with van der Waals surface area (Å²) in [5.41, 5.74) is 2.60. The van der Waals surface area contributed by atoms with Crippen molar-refractivity contribution in [3.05, 3.63) is 58.0 Å². The van der Waals surface area contributed by atoms with E-state index in [1.165, 1.54) is 10.7 Å². The number of amides is 1. The van der Waals surface area contributed by atoms with Crippen molar-refractivity contribution in [1.82, 2.24) is 9.78 Å². The highest BCUT2D eigenvalue weighted by atomic mass is 16.2. The molecular formula is C18H21N3O2. The van der Waals surface area contributed by atoms with Gasteiger partial charge in [-0.25, -0.2) is 4.68 Å². The van der Waals surface area contributed by atoms with Gasteiger partial charge in [-0.2, -0.15) is 5.10 Å². The summed E-state index contributed by atoms with van der Waals surface area (Å²) in [6.07, 6.45) is 2.23. The minimum absolute atomic E-state index is 0.0262. The Hall–Kier alpha value is -2.43. The molecule has 3 rings (SSSR count). The summed E-state index contributed by atoms with van der Waals surface area (Å²) in [4.78, 5) is 26.4. The van der Waals surface area contributed by atoms with Crippen LogP contribution in [0.25, 0.3) is 0 Å². The third-order valence-corrected chi connectivity index (χ3v) is 4.19. The maximum Gasteiger partial charge on any atom is 0.267 e. The van der Waals surface area contributed by atoms with E-state index in [1.54, 1.807) is 11.0 Å². The lowest BCUT2D eigenvalue weighted by Gasteiger charge is -2.23. The van der Waals surface area contributed by atoms with Gasteiger partial charge in [0.2, 0.25) is 5.91 Å². The fourth-order valence-corrected chi connectivity index (χ4v) is 2.74. The Bertz CT molecular complexity index is 778. The number of nitrogens with zero attached hydrogens (tertiary/aromatic N) is 3. The second-order valence-corrected chi connectivity index (χ2v) is 5.95. The molecule has 5 heteroatoms. The molecular weight excluding hydrogens is 290 g/mol. The van der Waals surface area contributed by atoms with Crippen molar-refractivity contribution < 1.29 is 4.79 Å². The lowest BCUT2D eigenvalue weighted by Crippen LogP contribution is -2.37. The first-order valence-electron chi connectivity index (χ1n) is 8.04. The van der Waals surface area contributed by atoms with Crippen molar-refractivity contribution in [2.75, 3.05) is 11.4 Å². The standard InChI is InChI=1S/C18H21N3O2/c1-3-20(16-7-5-4-6-13(16)2)18(23)12-21-17(22)11-10-15(19-21)14-8-9-14/h4-7,10-11,14H,3,8-9,12H2,1-2H3. The molecule has 0 spiro atoms. The minimum atomic E-state index is -0.233. The lowest BCUT2D eigenvalue weighted by atomic mass is 10.2. The van der Waals surface area contributed by atoms with E-state index in [9.17, 15) is 9.59 Å². The van der Waals surface area contributed by atoms with E-state index in [0.717, 1.165) is 29.8 Å². The van der Waals surface area contributed by atoms with Crippen LogP contribution in [0.5, 0.6) is 0 Å².